The molecule has 28 heavy (non-hydrogen) atoms. The highest BCUT2D eigenvalue weighted by Gasteiger charge is 2.25. The number of aliphatic hydroxyl groups excluding tert-OH is 1. The van der Waals surface area contributed by atoms with Gasteiger partial charge in [0.05, 0.1) is 23.7 Å². The van der Waals surface area contributed by atoms with Crippen molar-refractivity contribution in [2.45, 2.75) is 32.4 Å². The molecule has 5 heteroatoms. The van der Waals surface area contributed by atoms with E-state index in [1.54, 1.807) is 6.07 Å². The van der Waals surface area contributed by atoms with Crippen LogP contribution < -0.4 is 9.64 Å². The third-order valence-electron chi connectivity index (χ3n) is 5.28. The Kier molecular flexibility index (Phi) is 5.14. The third kappa shape index (κ3) is 3.51. The summed E-state index contributed by atoms with van der Waals surface area (Å²) in [5.41, 5.74) is 4.56. The standard InChI is InChI=1S/C23H23N3O2/c1-16-11-22(26-10-4-6-19(26)14-27)20-9-8-17(12-21(20)25-16)15-28-23-7-3-2-5-18(23)13-24/h2-3,5,7-9,11-12,19,27H,4,6,10,14-15H2,1H3. The van der Waals surface area contributed by atoms with Crippen LogP contribution in [0, 0.1) is 18.3 Å². The van der Waals surface area contributed by atoms with E-state index in [9.17, 15) is 10.4 Å². The summed E-state index contributed by atoms with van der Waals surface area (Å²) >= 11 is 0. The smallest absolute Gasteiger partial charge is 0.137 e. The largest absolute Gasteiger partial charge is 0.488 e. The number of benzene rings is 2. The summed E-state index contributed by atoms with van der Waals surface area (Å²) in [6.45, 7) is 3.51. The van der Waals surface area contributed by atoms with Gasteiger partial charge in [0.1, 0.15) is 18.4 Å². The van der Waals surface area contributed by atoms with E-state index in [1.165, 1.54) is 0 Å². The first-order valence-corrected chi connectivity index (χ1v) is 9.59. The maximum absolute atomic E-state index is 9.71. The van der Waals surface area contributed by atoms with Crippen molar-refractivity contribution >= 4 is 16.6 Å². The molecule has 3 aromatic rings. The van der Waals surface area contributed by atoms with Crippen molar-refractivity contribution in [3.05, 3.63) is 65.4 Å². The molecule has 5 nitrogen and oxygen atoms in total. The summed E-state index contributed by atoms with van der Waals surface area (Å²) in [4.78, 5) is 7.01. The Hall–Kier alpha value is -3.10. The van der Waals surface area contributed by atoms with Crippen LogP contribution in [0.5, 0.6) is 5.75 Å². The highest BCUT2D eigenvalue weighted by molar-refractivity contribution is 5.92. The zero-order valence-corrected chi connectivity index (χ0v) is 15.9. The van der Waals surface area contributed by atoms with Gasteiger partial charge < -0.3 is 14.7 Å². The number of hydrogen-bond acceptors (Lipinski definition) is 5. The van der Waals surface area contributed by atoms with E-state index < -0.39 is 0 Å². The summed E-state index contributed by atoms with van der Waals surface area (Å²) in [6.07, 6.45) is 2.11. The summed E-state index contributed by atoms with van der Waals surface area (Å²) < 4.78 is 5.86. The zero-order valence-electron chi connectivity index (χ0n) is 15.9. The second-order valence-electron chi connectivity index (χ2n) is 7.20. The number of aromatic nitrogens is 1. The second kappa shape index (κ2) is 7.87. The average Bonchev–Trinajstić information content (AvgIpc) is 3.20. The van der Waals surface area contributed by atoms with Gasteiger partial charge in [0.2, 0.25) is 0 Å². The first kappa shape index (κ1) is 18.3. The summed E-state index contributed by atoms with van der Waals surface area (Å²) in [5, 5.41) is 20.0. The van der Waals surface area contributed by atoms with Crippen LogP contribution in [-0.4, -0.2) is 29.3 Å². The molecule has 1 saturated heterocycles. The fourth-order valence-electron chi connectivity index (χ4n) is 3.90. The van der Waals surface area contributed by atoms with E-state index in [0.29, 0.717) is 17.9 Å². The third-order valence-corrected chi connectivity index (χ3v) is 5.28. The fraction of sp³-hybridized carbons (Fsp3) is 0.304. The van der Waals surface area contributed by atoms with Gasteiger partial charge in [-0.15, -0.1) is 0 Å². The predicted molar refractivity (Wildman–Crippen MR) is 109 cm³/mol. The molecule has 2 heterocycles. The number of aryl methyl sites for hydroxylation is 1. The molecule has 2 aromatic carbocycles. The molecule has 1 fully saturated rings. The Labute approximate surface area is 164 Å². The molecule has 142 valence electrons. The minimum atomic E-state index is 0.174. The van der Waals surface area contributed by atoms with Crippen LogP contribution in [0.4, 0.5) is 5.69 Å². The Morgan fingerprint density at radius 3 is 2.93 bits per heavy atom. The fourth-order valence-corrected chi connectivity index (χ4v) is 3.90. The van der Waals surface area contributed by atoms with Crippen LogP contribution in [-0.2, 0) is 6.61 Å². The molecule has 1 aliphatic rings. The molecule has 1 atom stereocenters. The number of aliphatic hydroxyl groups is 1. The Balaban J connectivity index is 1.63. The zero-order chi connectivity index (χ0) is 19.5. The molecule has 1 aliphatic heterocycles. The van der Waals surface area contributed by atoms with Gasteiger partial charge in [-0.1, -0.05) is 24.3 Å². The molecule has 0 aliphatic carbocycles. The number of hydrogen-bond donors (Lipinski definition) is 1. The quantitative estimate of drug-likeness (QED) is 0.733. The molecule has 0 amide bonds. The Morgan fingerprint density at radius 1 is 1.25 bits per heavy atom. The van der Waals surface area contributed by atoms with Crippen LogP contribution >= 0.6 is 0 Å². The number of fused-ring (bicyclic) bond motifs is 1. The van der Waals surface area contributed by atoms with Crippen molar-refractivity contribution in [2.75, 3.05) is 18.1 Å². The lowest BCUT2D eigenvalue weighted by Gasteiger charge is -2.27. The van der Waals surface area contributed by atoms with Crippen molar-refractivity contribution in [3.63, 3.8) is 0 Å². The van der Waals surface area contributed by atoms with Crippen LogP contribution in [0.25, 0.3) is 10.9 Å². The van der Waals surface area contributed by atoms with Crippen molar-refractivity contribution < 1.29 is 9.84 Å². The molecule has 0 bridgehead atoms. The van der Waals surface area contributed by atoms with E-state index in [1.807, 2.05) is 37.3 Å². The van der Waals surface area contributed by atoms with Gasteiger partial charge in [-0.2, -0.15) is 5.26 Å². The van der Waals surface area contributed by atoms with Gasteiger partial charge in [0.15, 0.2) is 0 Å². The lowest BCUT2D eigenvalue weighted by atomic mass is 10.1. The number of nitriles is 1. The van der Waals surface area contributed by atoms with Crippen LogP contribution in [0.3, 0.4) is 0 Å². The number of pyridine rings is 1. The van der Waals surface area contributed by atoms with Crippen LogP contribution in [0.1, 0.15) is 29.7 Å². The predicted octanol–water partition coefficient (Wildman–Crippen LogP) is 3.96. The minimum Gasteiger partial charge on any atom is -0.488 e. The maximum atomic E-state index is 9.71. The van der Waals surface area contributed by atoms with Gasteiger partial charge in [-0.3, -0.25) is 4.98 Å². The van der Waals surface area contributed by atoms with E-state index in [2.05, 4.69) is 23.1 Å². The molecular weight excluding hydrogens is 350 g/mol. The van der Waals surface area contributed by atoms with Gasteiger partial charge in [0.25, 0.3) is 0 Å². The van der Waals surface area contributed by atoms with Crippen molar-refractivity contribution in [1.29, 1.82) is 5.26 Å². The van der Waals surface area contributed by atoms with Crippen molar-refractivity contribution in [3.8, 4) is 11.8 Å². The maximum Gasteiger partial charge on any atom is 0.137 e. The lowest BCUT2D eigenvalue weighted by molar-refractivity contribution is 0.266. The molecule has 1 unspecified atom stereocenters. The molecule has 1 N–H and O–H groups in total. The van der Waals surface area contributed by atoms with Gasteiger partial charge in [-0.25, -0.2) is 0 Å². The Bertz CT molecular complexity index is 1040. The van der Waals surface area contributed by atoms with Crippen LogP contribution in [0.2, 0.25) is 0 Å². The SMILES string of the molecule is Cc1cc(N2CCCC2CO)c2ccc(COc3ccccc3C#N)cc2n1. The van der Waals surface area contributed by atoms with Crippen LogP contribution in [0.15, 0.2) is 48.5 Å². The number of anilines is 1. The molecule has 4 rings (SSSR count). The monoisotopic (exact) mass is 373 g/mol. The normalized spacial score (nSPS) is 16.3. The Morgan fingerprint density at radius 2 is 2.11 bits per heavy atom. The molecule has 1 aromatic heterocycles. The first-order valence-electron chi connectivity index (χ1n) is 9.59. The minimum absolute atomic E-state index is 0.174. The van der Waals surface area contributed by atoms with E-state index in [0.717, 1.165) is 47.2 Å². The second-order valence-corrected chi connectivity index (χ2v) is 7.20. The summed E-state index contributed by atoms with van der Waals surface area (Å²) in [5.74, 6) is 0.589. The van der Waals surface area contributed by atoms with E-state index in [-0.39, 0.29) is 12.6 Å². The van der Waals surface area contributed by atoms with Gasteiger partial charge in [0, 0.05) is 23.3 Å². The number of ether oxygens (including phenoxy) is 1. The summed E-state index contributed by atoms with van der Waals surface area (Å²) in [6, 6.07) is 17.9. The number of para-hydroxylation sites is 1. The highest BCUT2D eigenvalue weighted by atomic mass is 16.5. The summed E-state index contributed by atoms with van der Waals surface area (Å²) in [7, 11) is 0. The number of rotatable bonds is 5. The van der Waals surface area contributed by atoms with Gasteiger partial charge in [-0.05, 0) is 49.6 Å². The lowest BCUT2D eigenvalue weighted by Crippen LogP contribution is -2.32. The molecule has 0 radical (unpaired) electrons. The van der Waals surface area contributed by atoms with Crippen molar-refractivity contribution in [1.82, 2.24) is 4.98 Å². The van der Waals surface area contributed by atoms with Gasteiger partial charge >= 0.3 is 0 Å². The topological polar surface area (TPSA) is 69.4 Å². The average molecular weight is 373 g/mol. The number of nitrogens with zero attached hydrogens (tertiary/aromatic N) is 3. The first-order chi connectivity index (χ1) is 13.7. The highest BCUT2D eigenvalue weighted by Crippen LogP contribution is 2.33. The molecular formula is C23H23N3O2. The molecule has 0 saturated carbocycles. The van der Waals surface area contributed by atoms with E-state index in [4.69, 9.17) is 9.72 Å². The van der Waals surface area contributed by atoms with E-state index >= 15 is 0 Å². The molecule has 0 spiro atoms. The van der Waals surface area contributed by atoms with Crippen molar-refractivity contribution in [2.24, 2.45) is 0 Å².